The molecule has 2 rings (SSSR count). The fourth-order valence-electron chi connectivity index (χ4n) is 2.06. The molecule has 0 saturated heterocycles. The van der Waals surface area contributed by atoms with E-state index in [0.717, 1.165) is 17.5 Å². The zero-order valence-electron chi connectivity index (χ0n) is 10.3. The monoisotopic (exact) mass is 266 g/mol. The van der Waals surface area contributed by atoms with Crippen LogP contribution in [0.2, 0.25) is 5.02 Å². The van der Waals surface area contributed by atoms with Gasteiger partial charge < -0.3 is 5.11 Å². The first-order valence-corrected chi connectivity index (χ1v) is 6.22. The molecule has 1 heterocycles. The fraction of sp³-hybridized carbons (Fsp3) is 0.385. The molecule has 2 aromatic rings. The maximum absolute atomic E-state index is 10.8. The Morgan fingerprint density at radius 2 is 2.22 bits per heavy atom. The van der Waals surface area contributed by atoms with Crippen molar-refractivity contribution < 1.29 is 9.90 Å². The van der Waals surface area contributed by atoms with Gasteiger partial charge in [-0.1, -0.05) is 25.4 Å². The van der Waals surface area contributed by atoms with Crippen molar-refractivity contribution in [2.24, 2.45) is 5.92 Å². The topological polar surface area (TPSA) is 66.0 Å². The van der Waals surface area contributed by atoms with Gasteiger partial charge in [0, 0.05) is 16.1 Å². The molecule has 0 aliphatic heterocycles. The van der Waals surface area contributed by atoms with E-state index in [4.69, 9.17) is 16.7 Å². The predicted molar refractivity (Wildman–Crippen MR) is 71.0 cm³/mol. The average Bonchev–Trinajstić information content (AvgIpc) is 2.60. The number of hydrogen-bond acceptors (Lipinski definition) is 2. The van der Waals surface area contributed by atoms with Gasteiger partial charge >= 0.3 is 5.97 Å². The van der Waals surface area contributed by atoms with Gasteiger partial charge in [-0.15, -0.1) is 0 Å². The molecule has 0 saturated carbocycles. The van der Waals surface area contributed by atoms with Crippen LogP contribution >= 0.6 is 11.6 Å². The number of H-pyrrole nitrogens is 1. The van der Waals surface area contributed by atoms with Crippen LogP contribution < -0.4 is 0 Å². The van der Waals surface area contributed by atoms with Crippen molar-refractivity contribution in [2.75, 3.05) is 0 Å². The molecule has 1 aromatic carbocycles. The van der Waals surface area contributed by atoms with Gasteiger partial charge in [-0.25, -0.2) is 0 Å². The first-order chi connectivity index (χ1) is 8.47. The highest BCUT2D eigenvalue weighted by molar-refractivity contribution is 6.31. The van der Waals surface area contributed by atoms with Gasteiger partial charge in [-0.3, -0.25) is 9.89 Å². The largest absolute Gasteiger partial charge is 0.481 e. The Labute approximate surface area is 110 Å². The summed E-state index contributed by atoms with van der Waals surface area (Å²) in [7, 11) is 0. The van der Waals surface area contributed by atoms with E-state index in [0.29, 0.717) is 22.0 Å². The lowest BCUT2D eigenvalue weighted by Crippen LogP contribution is -2.01. The molecule has 0 atom stereocenters. The number of fused-ring (bicyclic) bond motifs is 1. The minimum absolute atomic E-state index is 0.0664. The summed E-state index contributed by atoms with van der Waals surface area (Å²) in [6.07, 6.45) is 0.798. The van der Waals surface area contributed by atoms with Gasteiger partial charge in [0.25, 0.3) is 0 Å². The summed E-state index contributed by atoms with van der Waals surface area (Å²) in [6, 6.07) is 3.50. The predicted octanol–water partition coefficient (Wildman–Crippen LogP) is 3.04. The molecule has 2 N–H and O–H groups in total. The molecule has 0 aliphatic carbocycles. The number of aromatic amines is 1. The maximum Gasteiger partial charge on any atom is 0.307 e. The lowest BCUT2D eigenvalue weighted by Gasteiger charge is -2.04. The van der Waals surface area contributed by atoms with Crippen LogP contribution in [0.3, 0.4) is 0 Å². The highest BCUT2D eigenvalue weighted by Gasteiger charge is 2.13. The van der Waals surface area contributed by atoms with Crippen LogP contribution in [0, 0.1) is 5.92 Å². The van der Waals surface area contributed by atoms with E-state index < -0.39 is 5.97 Å². The number of hydrogen-bond donors (Lipinski definition) is 2. The standard InChI is InChI=1S/C13H15ClN2O2/c1-7(2)3-11-10-6-9(14)4-8(5-12(17)18)13(10)16-15-11/h4,6-7H,3,5H2,1-2H3,(H,15,16)(H,17,18). The van der Waals surface area contributed by atoms with Crippen molar-refractivity contribution in [3.05, 3.63) is 28.4 Å². The number of aliphatic carboxylic acids is 1. The lowest BCUT2D eigenvalue weighted by atomic mass is 10.0. The first-order valence-electron chi connectivity index (χ1n) is 5.84. The Bertz CT molecular complexity index is 590. The molecule has 18 heavy (non-hydrogen) atoms. The van der Waals surface area contributed by atoms with Gasteiger partial charge in [0.1, 0.15) is 0 Å². The van der Waals surface area contributed by atoms with Crippen LogP contribution in [0.1, 0.15) is 25.1 Å². The molecule has 0 spiro atoms. The van der Waals surface area contributed by atoms with Crippen LogP contribution in [0.4, 0.5) is 0 Å². The van der Waals surface area contributed by atoms with Crippen LogP contribution in [-0.2, 0) is 17.6 Å². The van der Waals surface area contributed by atoms with E-state index in [1.807, 2.05) is 6.07 Å². The Balaban J connectivity index is 2.53. The number of aromatic nitrogens is 2. The second-order valence-corrected chi connectivity index (χ2v) is 5.27. The summed E-state index contributed by atoms with van der Waals surface area (Å²) in [4.78, 5) is 10.8. The van der Waals surface area contributed by atoms with E-state index >= 15 is 0 Å². The van der Waals surface area contributed by atoms with Gasteiger partial charge in [0.15, 0.2) is 0 Å². The summed E-state index contributed by atoms with van der Waals surface area (Å²) in [6.45, 7) is 4.24. The van der Waals surface area contributed by atoms with E-state index in [-0.39, 0.29) is 6.42 Å². The highest BCUT2D eigenvalue weighted by Crippen LogP contribution is 2.26. The second kappa shape index (κ2) is 4.98. The van der Waals surface area contributed by atoms with Crippen LogP contribution in [0.25, 0.3) is 10.9 Å². The third-order valence-electron chi connectivity index (χ3n) is 2.74. The first kappa shape index (κ1) is 12.9. The number of rotatable bonds is 4. The van der Waals surface area contributed by atoms with E-state index in [1.54, 1.807) is 6.07 Å². The summed E-state index contributed by atoms with van der Waals surface area (Å²) < 4.78 is 0. The molecule has 0 aliphatic rings. The molecular formula is C13H15ClN2O2. The van der Waals surface area contributed by atoms with Crippen molar-refractivity contribution in [2.45, 2.75) is 26.7 Å². The molecule has 96 valence electrons. The number of nitrogens with zero attached hydrogens (tertiary/aromatic N) is 1. The molecule has 5 heteroatoms. The Kier molecular flexibility index (Phi) is 3.57. The number of halogens is 1. The van der Waals surface area contributed by atoms with Crippen molar-refractivity contribution in [1.29, 1.82) is 0 Å². The smallest absolute Gasteiger partial charge is 0.307 e. The van der Waals surface area contributed by atoms with Crippen LogP contribution in [0.15, 0.2) is 12.1 Å². The quantitative estimate of drug-likeness (QED) is 0.894. The summed E-state index contributed by atoms with van der Waals surface area (Å²) in [5.74, 6) is -0.387. The SMILES string of the molecule is CC(C)Cc1[nH]nc2c(CC(=O)O)cc(Cl)cc12. The van der Waals surface area contributed by atoms with Crippen molar-refractivity contribution >= 4 is 28.5 Å². The van der Waals surface area contributed by atoms with E-state index in [1.165, 1.54) is 0 Å². The molecular weight excluding hydrogens is 252 g/mol. The highest BCUT2D eigenvalue weighted by atomic mass is 35.5. The Morgan fingerprint density at radius 1 is 1.50 bits per heavy atom. The molecule has 0 radical (unpaired) electrons. The molecule has 0 unspecified atom stereocenters. The zero-order valence-corrected chi connectivity index (χ0v) is 11.1. The van der Waals surface area contributed by atoms with Crippen LogP contribution in [-0.4, -0.2) is 21.3 Å². The minimum Gasteiger partial charge on any atom is -0.481 e. The molecule has 1 aromatic heterocycles. The van der Waals surface area contributed by atoms with Crippen LogP contribution in [0.5, 0.6) is 0 Å². The van der Waals surface area contributed by atoms with E-state index in [9.17, 15) is 4.79 Å². The van der Waals surface area contributed by atoms with Gasteiger partial charge in [0.2, 0.25) is 0 Å². The Hall–Kier alpha value is -1.55. The average molecular weight is 267 g/mol. The zero-order chi connectivity index (χ0) is 13.3. The summed E-state index contributed by atoms with van der Waals surface area (Å²) in [5.41, 5.74) is 2.36. The number of carboxylic acids is 1. The summed E-state index contributed by atoms with van der Waals surface area (Å²) in [5, 5.41) is 17.6. The number of carboxylic acid groups (broad SMARTS) is 1. The number of benzene rings is 1. The molecule has 0 bridgehead atoms. The minimum atomic E-state index is -0.882. The van der Waals surface area contributed by atoms with Gasteiger partial charge in [0.05, 0.1) is 11.9 Å². The van der Waals surface area contributed by atoms with Gasteiger partial charge in [-0.05, 0) is 30.0 Å². The maximum atomic E-state index is 10.8. The second-order valence-electron chi connectivity index (χ2n) is 4.83. The van der Waals surface area contributed by atoms with Crippen molar-refractivity contribution in [3.63, 3.8) is 0 Å². The van der Waals surface area contributed by atoms with Gasteiger partial charge in [-0.2, -0.15) is 5.10 Å². The number of nitrogens with one attached hydrogen (secondary N) is 1. The Morgan fingerprint density at radius 3 is 2.83 bits per heavy atom. The van der Waals surface area contributed by atoms with Crippen molar-refractivity contribution in [1.82, 2.24) is 10.2 Å². The molecule has 0 amide bonds. The third kappa shape index (κ3) is 2.64. The fourth-order valence-corrected chi connectivity index (χ4v) is 2.30. The lowest BCUT2D eigenvalue weighted by molar-refractivity contribution is -0.136. The molecule has 4 nitrogen and oxygen atoms in total. The third-order valence-corrected chi connectivity index (χ3v) is 2.95. The van der Waals surface area contributed by atoms with E-state index in [2.05, 4.69) is 24.0 Å². The normalized spacial score (nSPS) is 11.3. The summed E-state index contributed by atoms with van der Waals surface area (Å²) >= 11 is 6.04. The number of carbonyl (C=O) groups is 1. The molecule has 0 fully saturated rings. The van der Waals surface area contributed by atoms with Crippen molar-refractivity contribution in [3.8, 4) is 0 Å².